The zero-order valence-corrected chi connectivity index (χ0v) is 14.9. The van der Waals surface area contributed by atoms with E-state index >= 15 is 0 Å². The molecule has 4 nitrogen and oxygen atoms in total. The minimum absolute atomic E-state index is 0. The van der Waals surface area contributed by atoms with E-state index in [1.807, 2.05) is 14.1 Å². The number of rotatable bonds is 6. The minimum atomic E-state index is -0.345. The maximum Gasteiger partial charge on any atom is 0.334 e. The minimum Gasteiger partial charge on any atom is -1.00 e. The second-order valence-corrected chi connectivity index (χ2v) is 3.81. The van der Waals surface area contributed by atoms with Crippen LogP contribution in [0.5, 0.6) is 0 Å². The molecule has 3 N–H and O–H groups in total. The summed E-state index contributed by atoms with van der Waals surface area (Å²) >= 11 is 0. The quantitative estimate of drug-likeness (QED) is 0.189. The van der Waals surface area contributed by atoms with Gasteiger partial charge in [-0.25, -0.2) is 4.79 Å². The molecule has 0 spiro atoms. The molecule has 0 aliphatic rings. The molecular formula is C10H24I2N2O2. The molecule has 6 heteroatoms. The van der Waals surface area contributed by atoms with Crippen molar-refractivity contribution < 1.29 is 38.0 Å². The third-order valence-corrected chi connectivity index (χ3v) is 1.84. The van der Waals surface area contributed by atoms with Crippen LogP contribution in [0.3, 0.4) is 0 Å². The van der Waals surface area contributed by atoms with E-state index in [0.717, 1.165) is 19.4 Å². The van der Waals surface area contributed by atoms with Gasteiger partial charge >= 0.3 is 5.97 Å². The van der Waals surface area contributed by atoms with Gasteiger partial charge in [0.05, 0.1) is 20.6 Å². The Balaban J connectivity index is -0.000000240. The van der Waals surface area contributed by atoms with Crippen molar-refractivity contribution in [3.05, 3.63) is 12.7 Å². The van der Waals surface area contributed by atoms with Crippen LogP contribution in [-0.2, 0) is 9.53 Å². The van der Waals surface area contributed by atoms with Crippen LogP contribution in [-0.4, -0.2) is 37.8 Å². The van der Waals surface area contributed by atoms with Crippen LogP contribution >= 0.6 is 24.0 Å². The number of carbonyl (C=O) groups excluding carboxylic acids is 1. The summed E-state index contributed by atoms with van der Waals surface area (Å²) in [4.78, 5) is 10.8. The molecule has 0 bridgehead atoms. The number of carbonyl (C=O) groups is 1. The summed E-state index contributed by atoms with van der Waals surface area (Å²) in [5.41, 5.74) is 0. The third-order valence-electron chi connectivity index (χ3n) is 1.84. The van der Waals surface area contributed by atoms with E-state index in [0.29, 0.717) is 11.2 Å². The van der Waals surface area contributed by atoms with E-state index in [4.69, 9.17) is 4.74 Å². The molecule has 0 aromatic carbocycles. The fourth-order valence-corrected chi connectivity index (χ4v) is 0.948. The Morgan fingerprint density at radius 1 is 1.44 bits per heavy atom. The first-order valence-electron chi connectivity index (χ1n) is 4.63. The van der Waals surface area contributed by atoms with Crippen molar-refractivity contribution in [2.24, 2.45) is 0 Å². The molecule has 0 unspecified atom stereocenters. The van der Waals surface area contributed by atoms with Crippen LogP contribution in [0.4, 0.5) is 0 Å². The second kappa shape index (κ2) is 13.7. The van der Waals surface area contributed by atoms with Crippen LogP contribution in [0.15, 0.2) is 12.7 Å². The highest BCUT2D eigenvalue weighted by Crippen LogP contribution is 2.01. The topological polar surface area (TPSA) is 61.3 Å². The van der Waals surface area contributed by atoms with E-state index < -0.39 is 0 Å². The molecule has 0 aromatic rings. The smallest absolute Gasteiger partial charge is 0.334 e. The highest BCUT2D eigenvalue weighted by molar-refractivity contribution is 14.0. The Kier molecular flexibility index (Phi) is 21.7. The van der Waals surface area contributed by atoms with Crippen molar-refractivity contribution in [2.75, 3.05) is 27.4 Å². The monoisotopic (exact) mass is 458 g/mol. The Morgan fingerprint density at radius 2 is 1.94 bits per heavy atom. The summed E-state index contributed by atoms with van der Waals surface area (Å²) in [6, 6.07) is 0. The van der Waals surface area contributed by atoms with Gasteiger partial charge in [-0.2, -0.15) is 0 Å². The Morgan fingerprint density at radius 3 is 2.31 bits per heavy atom. The number of quaternary nitrogens is 1. The lowest BCUT2D eigenvalue weighted by molar-refractivity contribution is -0.907. The molecule has 0 amide bonds. The molecule has 0 aliphatic carbocycles. The Labute approximate surface area is 133 Å². The number of nitrogens with zero attached hydrogens (tertiary/aromatic N) is 1. The molecule has 0 saturated carbocycles. The molecule has 16 heavy (non-hydrogen) atoms. The Bertz CT molecular complexity index is 188. The van der Waals surface area contributed by atoms with Gasteiger partial charge in [-0.05, 0) is 6.42 Å². The first kappa shape index (κ1) is 25.4. The summed E-state index contributed by atoms with van der Waals surface area (Å²) in [6.45, 7) is 6.94. The van der Waals surface area contributed by atoms with Crippen LogP contribution in [0.1, 0.15) is 19.8 Å². The standard InChI is InChI=1S/C10H20NO2.2HI.H3N/c1-5-7-8-11(3,4)9-13-10(12)6-2;;;/h6H,2,5,7-9H2,1,3-4H3;2*1H;1H3/q+1;;;/p-1. The number of ether oxygens (including phenoxy) is 1. The largest absolute Gasteiger partial charge is 1.00 e. The van der Waals surface area contributed by atoms with Crippen molar-refractivity contribution in [1.29, 1.82) is 0 Å². The van der Waals surface area contributed by atoms with Crippen molar-refractivity contribution in [3.63, 3.8) is 0 Å². The van der Waals surface area contributed by atoms with Gasteiger partial charge in [-0.1, -0.05) is 19.9 Å². The van der Waals surface area contributed by atoms with Gasteiger partial charge in [0.15, 0.2) is 0 Å². The lowest BCUT2D eigenvalue weighted by Gasteiger charge is -2.28. The van der Waals surface area contributed by atoms with Gasteiger partial charge < -0.3 is 34.9 Å². The van der Waals surface area contributed by atoms with Crippen molar-refractivity contribution >= 4 is 29.9 Å². The first-order valence-corrected chi connectivity index (χ1v) is 4.63. The predicted octanol–water partition coefficient (Wildman–Crippen LogP) is -0.666. The van der Waals surface area contributed by atoms with E-state index in [-0.39, 0.29) is 60.1 Å². The average Bonchev–Trinajstić information content (AvgIpc) is 2.11. The molecular weight excluding hydrogens is 434 g/mol. The fraction of sp³-hybridized carbons (Fsp3) is 0.700. The third kappa shape index (κ3) is 14.6. The number of hydrogen-bond donors (Lipinski definition) is 1. The molecule has 0 aromatic heterocycles. The van der Waals surface area contributed by atoms with Gasteiger partial charge in [0.25, 0.3) is 0 Å². The van der Waals surface area contributed by atoms with Crippen LogP contribution in [0, 0.1) is 0 Å². The van der Waals surface area contributed by atoms with Crippen molar-refractivity contribution in [3.8, 4) is 0 Å². The lowest BCUT2D eigenvalue weighted by Crippen LogP contribution is -3.00. The van der Waals surface area contributed by atoms with E-state index in [9.17, 15) is 4.79 Å². The number of unbranched alkanes of at least 4 members (excludes halogenated alkanes) is 1. The maximum absolute atomic E-state index is 10.8. The normalized spacial score (nSPS) is 8.94. The van der Waals surface area contributed by atoms with Crippen LogP contribution < -0.4 is 30.1 Å². The van der Waals surface area contributed by atoms with Crippen LogP contribution in [0.2, 0.25) is 0 Å². The van der Waals surface area contributed by atoms with Crippen molar-refractivity contribution in [2.45, 2.75) is 19.8 Å². The highest BCUT2D eigenvalue weighted by Gasteiger charge is 2.15. The predicted molar refractivity (Wildman–Crippen MR) is 73.5 cm³/mol. The molecule has 0 heterocycles. The first-order chi connectivity index (χ1) is 6.02. The van der Waals surface area contributed by atoms with E-state index in [2.05, 4.69) is 13.5 Å². The second-order valence-electron chi connectivity index (χ2n) is 3.81. The zero-order valence-electron chi connectivity index (χ0n) is 10.4. The van der Waals surface area contributed by atoms with Crippen molar-refractivity contribution in [1.82, 2.24) is 6.15 Å². The van der Waals surface area contributed by atoms with Gasteiger partial charge in [0.2, 0.25) is 6.73 Å². The molecule has 0 rings (SSSR count). The summed E-state index contributed by atoms with van der Waals surface area (Å²) < 4.78 is 5.68. The zero-order chi connectivity index (χ0) is 10.3. The number of halogens is 2. The average molecular weight is 458 g/mol. The van der Waals surface area contributed by atoms with E-state index in [1.54, 1.807) is 0 Å². The summed E-state index contributed by atoms with van der Waals surface area (Å²) in [7, 11) is 4.10. The van der Waals surface area contributed by atoms with Gasteiger partial charge in [0, 0.05) is 6.08 Å². The van der Waals surface area contributed by atoms with Gasteiger partial charge in [-0.15, -0.1) is 24.0 Å². The SMILES string of the molecule is C=CC(=O)OC[N+](C)(C)CCCC.I.N.[I-]. The van der Waals surface area contributed by atoms with Gasteiger partial charge in [-0.3, -0.25) is 4.48 Å². The highest BCUT2D eigenvalue weighted by atomic mass is 127. The summed E-state index contributed by atoms with van der Waals surface area (Å²) in [5.74, 6) is -0.345. The number of hydrogen-bond acceptors (Lipinski definition) is 3. The lowest BCUT2D eigenvalue weighted by atomic mass is 10.3. The number of esters is 1. The molecule has 0 atom stereocenters. The maximum atomic E-state index is 10.8. The molecule has 0 saturated heterocycles. The van der Waals surface area contributed by atoms with E-state index in [1.165, 1.54) is 6.08 Å². The molecule has 100 valence electrons. The molecule has 0 fully saturated rings. The van der Waals surface area contributed by atoms with Crippen LogP contribution in [0.25, 0.3) is 0 Å². The summed E-state index contributed by atoms with van der Waals surface area (Å²) in [5, 5.41) is 0. The summed E-state index contributed by atoms with van der Waals surface area (Å²) in [6.07, 6.45) is 3.51. The molecule has 0 radical (unpaired) electrons. The Hall–Kier alpha value is 0.590. The fourth-order valence-electron chi connectivity index (χ4n) is 0.948. The molecule has 0 aliphatic heterocycles. The van der Waals surface area contributed by atoms with Gasteiger partial charge in [0.1, 0.15) is 0 Å².